The summed E-state index contributed by atoms with van der Waals surface area (Å²) in [6.07, 6.45) is 0. The second kappa shape index (κ2) is 16.9. The number of hydrogen-bond acceptors (Lipinski definition) is 8. The third kappa shape index (κ3) is 8.93. The highest BCUT2D eigenvalue weighted by Gasteiger charge is 2.29. The molecular weight excluding hydrogens is 621 g/mol. The van der Waals surface area contributed by atoms with Crippen molar-refractivity contribution in [3.8, 4) is 17.2 Å². The van der Waals surface area contributed by atoms with Gasteiger partial charge in [0.2, 0.25) is 0 Å². The molecule has 0 fully saturated rings. The van der Waals surface area contributed by atoms with Gasteiger partial charge in [-0.05, 0) is 121 Å². The Kier molecular flexibility index (Phi) is 12.2. The predicted molar refractivity (Wildman–Crippen MR) is 180 cm³/mol. The second-order valence-electron chi connectivity index (χ2n) is 9.92. The SMILES string of the molecule is O=C(c1ccc(OCCO)cc1)c1ccc(Sc2ccc([S+](c3ccc(OCCO)cc3)c3ccc(OCCO)cc3)cc2)cc1. The van der Waals surface area contributed by atoms with E-state index in [1.54, 1.807) is 36.0 Å². The Morgan fingerprint density at radius 2 is 0.783 bits per heavy atom. The largest absolute Gasteiger partial charge is 0.491 e. The Hall–Kier alpha value is -4.25. The summed E-state index contributed by atoms with van der Waals surface area (Å²) >= 11 is 1.63. The molecule has 0 spiro atoms. The van der Waals surface area contributed by atoms with Crippen molar-refractivity contribution in [2.75, 3.05) is 39.6 Å². The molecule has 0 saturated carbocycles. The minimum absolute atomic E-state index is 0.0404. The van der Waals surface area contributed by atoms with Crippen LogP contribution in [0.5, 0.6) is 17.2 Å². The van der Waals surface area contributed by atoms with Gasteiger partial charge in [0, 0.05) is 20.9 Å². The monoisotopic (exact) mass is 655 g/mol. The third-order valence-electron chi connectivity index (χ3n) is 6.73. The van der Waals surface area contributed by atoms with E-state index < -0.39 is 10.9 Å². The van der Waals surface area contributed by atoms with Gasteiger partial charge in [0.25, 0.3) is 0 Å². The fraction of sp³-hybridized carbons (Fsp3) is 0.162. The molecule has 236 valence electrons. The summed E-state index contributed by atoms with van der Waals surface area (Å²) < 4.78 is 16.5. The molecule has 0 saturated heterocycles. The highest BCUT2D eigenvalue weighted by molar-refractivity contribution is 7.99. The predicted octanol–water partition coefficient (Wildman–Crippen LogP) is 6.28. The first-order chi connectivity index (χ1) is 22.6. The molecule has 5 aromatic rings. The average molecular weight is 656 g/mol. The number of hydrogen-bond donors (Lipinski definition) is 3. The molecular formula is C37H35O7S2+. The molecule has 0 bridgehead atoms. The minimum atomic E-state index is -0.403. The van der Waals surface area contributed by atoms with Crippen molar-refractivity contribution in [3.63, 3.8) is 0 Å². The summed E-state index contributed by atoms with van der Waals surface area (Å²) in [5, 5.41) is 27.1. The zero-order chi connectivity index (χ0) is 32.1. The van der Waals surface area contributed by atoms with E-state index in [-0.39, 0.29) is 45.4 Å². The van der Waals surface area contributed by atoms with Crippen molar-refractivity contribution in [1.29, 1.82) is 0 Å². The van der Waals surface area contributed by atoms with Gasteiger partial charge < -0.3 is 29.5 Å². The van der Waals surface area contributed by atoms with E-state index in [0.717, 1.165) is 24.5 Å². The van der Waals surface area contributed by atoms with Crippen LogP contribution in [-0.2, 0) is 10.9 Å². The standard InChI is InChI=1S/C37H35O7S2/c38-21-24-42-29-5-1-27(2-6-29)37(41)28-3-11-32(12-4-28)45-33-13-19-36(20-14-33)46(34-15-7-30(8-16-34)43-25-22-39)35-17-9-31(10-18-35)44-26-23-40/h1-20,38-40H,21-26H2/q+1. The van der Waals surface area contributed by atoms with Crippen LogP contribution in [0.3, 0.4) is 0 Å². The lowest BCUT2D eigenvalue weighted by molar-refractivity contribution is 0.103. The summed E-state index contributed by atoms with van der Waals surface area (Å²) in [6.45, 7) is 0.557. The summed E-state index contributed by atoms with van der Waals surface area (Å²) in [4.78, 5) is 18.5. The maximum Gasteiger partial charge on any atom is 0.193 e. The Morgan fingerprint density at radius 1 is 0.478 bits per heavy atom. The molecule has 0 aliphatic rings. The Morgan fingerprint density at radius 3 is 1.15 bits per heavy atom. The normalized spacial score (nSPS) is 11.0. The first kappa shape index (κ1) is 33.1. The van der Waals surface area contributed by atoms with Crippen molar-refractivity contribution in [3.05, 3.63) is 132 Å². The average Bonchev–Trinajstić information content (AvgIpc) is 3.11. The Balaban J connectivity index is 1.30. The third-order valence-corrected chi connectivity index (χ3v) is 9.97. The van der Waals surface area contributed by atoms with Crippen LogP contribution >= 0.6 is 11.8 Å². The number of carbonyl (C=O) groups is 1. The summed E-state index contributed by atoms with van der Waals surface area (Å²) in [6, 6.07) is 38.9. The van der Waals surface area contributed by atoms with Gasteiger partial charge in [-0.1, -0.05) is 11.8 Å². The van der Waals surface area contributed by atoms with Gasteiger partial charge in [-0.15, -0.1) is 0 Å². The van der Waals surface area contributed by atoms with Crippen molar-refractivity contribution in [1.82, 2.24) is 0 Å². The van der Waals surface area contributed by atoms with Crippen molar-refractivity contribution in [2.45, 2.75) is 24.5 Å². The van der Waals surface area contributed by atoms with E-state index in [9.17, 15) is 4.79 Å². The molecule has 5 rings (SSSR count). The maximum atomic E-state index is 13.0. The first-order valence-electron chi connectivity index (χ1n) is 14.8. The van der Waals surface area contributed by atoms with Crippen LogP contribution in [0.4, 0.5) is 0 Å². The van der Waals surface area contributed by atoms with Gasteiger partial charge in [-0.25, -0.2) is 0 Å². The summed E-state index contributed by atoms with van der Waals surface area (Å²) in [5.41, 5.74) is 1.18. The number of ketones is 1. The lowest BCUT2D eigenvalue weighted by atomic mass is 10.0. The highest BCUT2D eigenvalue weighted by atomic mass is 32.2. The molecule has 0 atom stereocenters. The van der Waals surface area contributed by atoms with E-state index in [0.29, 0.717) is 28.4 Å². The van der Waals surface area contributed by atoms with E-state index in [4.69, 9.17) is 29.5 Å². The van der Waals surface area contributed by atoms with Crippen LogP contribution in [0.1, 0.15) is 15.9 Å². The smallest absolute Gasteiger partial charge is 0.193 e. The van der Waals surface area contributed by atoms with Crippen molar-refractivity contribution in [2.24, 2.45) is 0 Å². The summed E-state index contributed by atoms with van der Waals surface area (Å²) in [7, 11) is -0.403. The fourth-order valence-corrected chi connectivity index (χ4v) is 7.42. The van der Waals surface area contributed by atoms with E-state index in [1.807, 2.05) is 48.5 Å². The van der Waals surface area contributed by atoms with Crippen LogP contribution in [0, 0.1) is 0 Å². The molecule has 0 unspecified atom stereocenters. The molecule has 7 nitrogen and oxygen atoms in total. The van der Waals surface area contributed by atoms with Gasteiger partial charge >= 0.3 is 0 Å². The molecule has 0 heterocycles. The number of carbonyl (C=O) groups excluding carboxylic acids is 1. The van der Waals surface area contributed by atoms with Crippen LogP contribution in [0.25, 0.3) is 0 Å². The second-order valence-corrected chi connectivity index (χ2v) is 13.1. The molecule has 3 N–H and O–H groups in total. The lowest BCUT2D eigenvalue weighted by Crippen LogP contribution is -2.06. The zero-order valence-electron chi connectivity index (χ0n) is 25.1. The molecule has 0 radical (unpaired) electrons. The Labute approximate surface area is 275 Å². The van der Waals surface area contributed by atoms with Crippen LogP contribution in [-0.4, -0.2) is 60.7 Å². The van der Waals surface area contributed by atoms with Crippen molar-refractivity contribution < 1.29 is 34.3 Å². The number of aliphatic hydroxyl groups excluding tert-OH is 3. The van der Waals surface area contributed by atoms with Gasteiger partial charge in [0.1, 0.15) is 37.1 Å². The van der Waals surface area contributed by atoms with E-state index >= 15 is 0 Å². The molecule has 9 heteroatoms. The van der Waals surface area contributed by atoms with E-state index in [2.05, 4.69) is 48.5 Å². The first-order valence-corrected chi connectivity index (χ1v) is 16.8. The summed E-state index contributed by atoms with van der Waals surface area (Å²) in [5.74, 6) is 1.95. The van der Waals surface area contributed by atoms with Gasteiger partial charge in [0.05, 0.1) is 30.7 Å². The van der Waals surface area contributed by atoms with Gasteiger partial charge in [0.15, 0.2) is 20.5 Å². The van der Waals surface area contributed by atoms with Gasteiger partial charge in [-0.3, -0.25) is 4.79 Å². The number of ether oxygens (including phenoxy) is 3. The lowest BCUT2D eigenvalue weighted by Gasteiger charge is -2.11. The topological polar surface area (TPSA) is 105 Å². The van der Waals surface area contributed by atoms with E-state index in [1.165, 1.54) is 0 Å². The molecule has 0 aromatic heterocycles. The quantitative estimate of drug-likeness (QED) is 0.0844. The molecule has 0 amide bonds. The Bertz CT molecular complexity index is 1610. The fourth-order valence-electron chi connectivity index (χ4n) is 4.57. The van der Waals surface area contributed by atoms with Gasteiger partial charge in [-0.2, -0.15) is 0 Å². The van der Waals surface area contributed by atoms with Crippen LogP contribution < -0.4 is 14.2 Å². The molecule has 5 aromatic carbocycles. The van der Waals surface area contributed by atoms with Crippen LogP contribution in [0.2, 0.25) is 0 Å². The molecule has 0 aliphatic heterocycles. The number of aliphatic hydroxyl groups is 3. The highest BCUT2D eigenvalue weighted by Crippen LogP contribution is 2.35. The molecule has 0 aliphatic carbocycles. The minimum Gasteiger partial charge on any atom is -0.491 e. The number of benzene rings is 5. The maximum absolute atomic E-state index is 13.0. The van der Waals surface area contributed by atoms with Crippen molar-refractivity contribution >= 4 is 28.4 Å². The zero-order valence-corrected chi connectivity index (χ0v) is 26.7. The van der Waals surface area contributed by atoms with Crippen LogP contribution in [0.15, 0.2) is 146 Å². The number of rotatable bonds is 16. The molecule has 46 heavy (non-hydrogen) atoms.